The molecule has 1 aromatic heterocycles. The van der Waals surface area contributed by atoms with Gasteiger partial charge in [0.2, 0.25) is 5.91 Å². The van der Waals surface area contributed by atoms with Crippen LogP contribution in [0.4, 0.5) is 5.69 Å². The van der Waals surface area contributed by atoms with Crippen molar-refractivity contribution in [2.24, 2.45) is 0 Å². The highest BCUT2D eigenvalue weighted by Crippen LogP contribution is 2.17. The maximum atomic E-state index is 11.9. The molecule has 1 N–H and O–H groups in total. The van der Waals surface area contributed by atoms with Crippen LogP contribution in [-0.4, -0.2) is 16.0 Å². The molecule has 0 fully saturated rings. The Bertz CT molecular complexity index is 803. The van der Waals surface area contributed by atoms with Crippen LogP contribution >= 0.6 is 15.9 Å². The number of nitrogens with one attached hydrogen (secondary N) is 1. The number of anilines is 1. The molecule has 3 aromatic rings. The van der Waals surface area contributed by atoms with Crippen molar-refractivity contribution >= 4 is 27.5 Å². The smallest absolute Gasteiger partial charge is 0.264 e. The number of hydrogen-bond acceptors (Lipinski definition) is 5. The largest absolute Gasteiger partial charge is 0.484 e. The molecule has 0 spiro atoms. The lowest BCUT2D eigenvalue weighted by Gasteiger charge is -2.02. The second-order valence-corrected chi connectivity index (χ2v) is 5.85. The van der Waals surface area contributed by atoms with Gasteiger partial charge in [-0.05, 0) is 36.4 Å². The Balaban J connectivity index is 1.51. The first-order chi connectivity index (χ1) is 11.7. The Morgan fingerprint density at radius 2 is 1.88 bits per heavy atom. The standard InChI is InChI=1S/C17H14BrN3O3/c18-12-6-8-14(9-7-12)23-11-17-20-15(21-24-17)10-16(22)19-13-4-2-1-3-5-13/h1-9H,10-11H2,(H,19,22). The van der Waals surface area contributed by atoms with Gasteiger partial charge < -0.3 is 14.6 Å². The van der Waals surface area contributed by atoms with Gasteiger partial charge in [-0.3, -0.25) is 4.79 Å². The van der Waals surface area contributed by atoms with E-state index in [9.17, 15) is 4.79 Å². The molecular weight excluding hydrogens is 374 g/mol. The average molecular weight is 388 g/mol. The average Bonchev–Trinajstić information content (AvgIpc) is 3.02. The summed E-state index contributed by atoms with van der Waals surface area (Å²) < 4.78 is 11.6. The summed E-state index contributed by atoms with van der Waals surface area (Å²) in [5, 5.41) is 6.56. The molecule has 24 heavy (non-hydrogen) atoms. The minimum atomic E-state index is -0.206. The second-order valence-electron chi connectivity index (χ2n) is 4.94. The van der Waals surface area contributed by atoms with Crippen LogP contribution in [0.5, 0.6) is 5.75 Å². The summed E-state index contributed by atoms with van der Waals surface area (Å²) in [6.45, 7) is 0.148. The fraction of sp³-hybridized carbons (Fsp3) is 0.118. The Hall–Kier alpha value is -2.67. The molecule has 0 radical (unpaired) electrons. The molecule has 1 heterocycles. The lowest BCUT2D eigenvalue weighted by atomic mass is 10.3. The fourth-order valence-electron chi connectivity index (χ4n) is 1.97. The van der Waals surface area contributed by atoms with Gasteiger partial charge in [-0.15, -0.1) is 0 Å². The van der Waals surface area contributed by atoms with Gasteiger partial charge in [0.25, 0.3) is 5.89 Å². The zero-order valence-corrected chi connectivity index (χ0v) is 14.2. The topological polar surface area (TPSA) is 77.2 Å². The summed E-state index contributed by atoms with van der Waals surface area (Å²) in [6, 6.07) is 16.6. The predicted molar refractivity (Wildman–Crippen MR) is 91.5 cm³/mol. The molecule has 0 aliphatic heterocycles. The summed E-state index contributed by atoms with van der Waals surface area (Å²) in [5.74, 6) is 1.13. The minimum absolute atomic E-state index is 0.0384. The third-order valence-corrected chi connectivity index (χ3v) is 3.59. The van der Waals surface area contributed by atoms with E-state index in [1.807, 2.05) is 54.6 Å². The zero-order valence-electron chi connectivity index (χ0n) is 12.6. The van der Waals surface area contributed by atoms with Crippen molar-refractivity contribution in [2.75, 3.05) is 5.32 Å². The normalized spacial score (nSPS) is 10.4. The van der Waals surface area contributed by atoms with Crippen LogP contribution in [0, 0.1) is 0 Å². The summed E-state index contributed by atoms with van der Waals surface area (Å²) in [7, 11) is 0. The highest BCUT2D eigenvalue weighted by molar-refractivity contribution is 9.10. The molecule has 3 rings (SSSR count). The van der Waals surface area contributed by atoms with Crippen molar-refractivity contribution in [1.82, 2.24) is 10.1 Å². The number of carbonyl (C=O) groups is 1. The molecule has 0 saturated heterocycles. The third-order valence-electron chi connectivity index (χ3n) is 3.06. The van der Waals surface area contributed by atoms with Crippen molar-refractivity contribution in [3.8, 4) is 5.75 Å². The molecular formula is C17H14BrN3O3. The van der Waals surface area contributed by atoms with Crippen LogP contribution in [0.1, 0.15) is 11.7 Å². The Morgan fingerprint density at radius 3 is 2.62 bits per heavy atom. The number of ether oxygens (including phenoxy) is 1. The van der Waals surface area contributed by atoms with E-state index in [1.54, 1.807) is 0 Å². The van der Waals surface area contributed by atoms with E-state index in [1.165, 1.54) is 0 Å². The number of carbonyl (C=O) groups excluding carboxylic acids is 1. The van der Waals surface area contributed by atoms with Gasteiger partial charge in [0.05, 0.1) is 6.42 Å². The van der Waals surface area contributed by atoms with E-state index in [0.29, 0.717) is 17.5 Å². The number of nitrogens with zero attached hydrogens (tertiary/aromatic N) is 2. The first-order valence-corrected chi connectivity index (χ1v) is 8.03. The Morgan fingerprint density at radius 1 is 1.12 bits per heavy atom. The Labute approximate surface area is 147 Å². The number of halogens is 1. The lowest BCUT2D eigenvalue weighted by Crippen LogP contribution is -2.15. The fourth-order valence-corrected chi connectivity index (χ4v) is 2.23. The van der Waals surface area contributed by atoms with Gasteiger partial charge in [-0.1, -0.05) is 39.3 Å². The van der Waals surface area contributed by atoms with E-state index < -0.39 is 0 Å². The Kier molecular flexibility index (Phi) is 5.22. The van der Waals surface area contributed by atoms with E-state index in [4.69, 9.17) is 9.26 Å². The highest BCUT2D eigenvalue weighted by Gasteiger charge is 2.11. The van der Waals surface area contributed by atoms with E-state index in [2.05, 4.69) is 31.4 Å². The number of aromatic nitrogens is 2. The van der Waals surface area contributed by atoms with Crippen molar-refractivity contribution < 1.29 is 14.1 Å². The molecule has 6 nitrogen and oxygen atoms in total. The van der Waals surface area contributed by atoms with Gasteiger partial charge >= 0.3 is 0 Å². The molecule has 122 valence electrons. The maximum Gasteiger partial charge on any atom is 0.264 e. The monoisotopic (exact) mass is 387 g/mol. The maximum absolute atomic E-state index is 11.9. The summed E-state index contributed by atoms with van der Waals surface area (Å²) in [6.07, 6.45) is 0.0384. The molecule has 0 bridgehead atoms. The quantitative estimate of drug-likeness (QED) is 0.699. The summed E-state index contributed by atoms with van der Waals surface area (Å²) >= 11 is 3.36. The van der Waals surface area contributed by atoms with Crippen LogP contribution in [0.25, 0.3) is 0 Å². The van der Waals surface area contributed by atoms with Crippen LogP contribution in [0.3, 0.4) is 0 Å². The summed E-state index contributed by atoms with van der Waals surface area (Å²) in [4.78, 5) is 16.1. The van der Waals surface area contributed by atoms with Gasteiger partial charge in [0.15, 0.2) is 12.4 Å². The number of hydrogen-bond donors (Lipinski definition) is 1. The molecule has 0 saturated carbocycles. The highest BCUT2D eigenvalue weighted by atomic mass is 79.9. The SMILES string of the molecule is O=C(Cc1noc(COc2ccc(Br)cc2)n1)Nc1ccccc1. The van der Waals surface area contributed by atoms with Crippen molar-refractivity contribution in [1.29, 1.82) is 0 Å². The summed E-state index contributed by atoms with van der Waals surface area (Å²) in [5.41, 5.74) is 0.727. The van der Waals surface area contributed by atoms with Crippen LogP contribution in [0.2, 0.25) is 0 Å². The van der Waals surface area contributed by atoms with E-state index in [0.717, 1.165) is 10.2 Å². The molecule has 0 atom stereocenters. The molecule has 2 aromatic carbocycles. The number of benzene rings is 2. The van der Waals surface area contributed by atoms with E-state index >= 15 is 0 Å². The van der Waals surface area contributed by atoms with Crippen LogP contribution in [0.15, 0.2) is 63.6 Å². The van der Waals surface area contributed by atoms with Gasteiger partial charge in [-0.25, -0.2) is 0 Å². The molecule has 0 aliphatic carbocycles. The van der Waals surface area contributed by atoms with Gasteiger partial charge in [-0.2, -0.15) is 4.98 Å². The van der Waals surface area contributed by atoms with E-state index in [-0.39, 0.29) is 18.9 Å². The molecule has 1 amide bonds. The second kappa shape index (κ2) is 7.74. The lowest BCUT2D eigenvalue weighted by molar-refractivity contribution is -0.115. The van der Waals surface area contributed by atoms with Crippen molar-refractivity contribution in [3.63, 3.8) is 0 Å². The van der Waals surface area contributed by atoms with Crippen LogP contribution in [-0.2, 0) is 17.8 Å². The van der Waals surface area contributed by atoms with Gasteiger partial charge in [0.1, 0.15) is 5.75 Å². The van der Waals surface area contributed by atoms with Gasteiger partial charge in [0, 0.05) is 10.2 Å². The first-order valence-electron chi connectivity index (χ1n) is 7.24. The zero-order chi connectivity index (χ0) is 16.8. The van der Waals surface area contributed by atoms with Crippen LogP contribution < -0.4 is 10.1 Å². The predicted octanol–water partition coefficient (Wildman–Crippen LogP) is 3.59. The minimum Gasteiger partial charge on any atom is -0.484 e. The molecule has 0 aliphatic rings. The number of rotatable bonds is 6. The third kappa shape index (κ3) is 4.66. The number of amides is 1. The number of para-hydroxylation sites is 1. The first kappa shape index (κ1) is 16.2. The molecule has 0 unspecified atom stereocenters. The molecule has 7 heteroatoms. The van der Waals surface area contributed by atoms with Crippen molar-refractivity contribution in [3.05, 3.63) is 70.8 Å². The van der Waals surface area contributed by atoms with Crippen molar-refractivity contribution in [2.45, 2.75) is 13.0 Å².